The summed E-state index contributed by atoms with van der Waals surface area (Å²) in [5, 5.41) is 0. The second-order valence-corrected chi connectivity index (χ2v) is 7.91. The minimum Gasteiger partial charge on any atom is -0.384 e. The van der Waals surface area contributed by atoms with Crippen molar-refractivity contribution in [3.05, 3.63) is 29.8 Å². The molecule has 7 heteroatoms. The Bertz CT molecular complexity index is 631. The average Bonchev–Trinajstić information content (AvgIpc) is 2.51. The summed E-state index contributed by atoms with van der Waals surface area (Å²) in [5.41, 5.74) is 0.483. The lowest BCUT2D eigenvalue weighted by Crippen LogP contribution is -2.48. The molecule has 0 spiro atoms. The molecule has 6 nitrogen and oxygen atoms in total. The molecule has 0 bridgehead atoms. The molecule has 1 amide bonds. The van der Waals surface area contributed by atoms with Crippen LogP contribution in [0.25, 0.3) is 0 Å². The summed E-state index contributed by atoms with van der Waals surface area (Å²) in [6.07, 6.45) is -0.00668. The fraction of sp³-hybridized carbons (Fsp3) is 0.562. The third-order valence-electron chi connectivity index (χ3n) is 3.72. The van der Waals surface area contributed by atoms with Crippen molar-refractivity contribution < 1.29 is 22.7 Å². The van der Waals surface area contributed by atoms with Gasteiger partial charge in [-0.25, -0.2) is 8.42 Å². The van der Waals surface area contributed by atoms with Crippen molar-refractivity contribution in [2.45, 2.75) is 31.0 Å². The number of sulfone groups is 1. The van der Waals surface area contributed by atoms with Crippen LogP contribution in [0.2, 0.25) is 0 Å². The van der Waals surface area contributed by atoms with E-state index in [0.29, 0.717) is 18.7 Å². The van der Waals surface area contributed by atoms with Crippen LogP contribution in [0.5, 0.6) is 0 Å². The summed E-state index contributed by atoms with van der Waals surface area (Å²) in [5.74, 6) is -0.178. The first kappa shape index (κ1) is 17.9. The Hall–Kier alpha value is -1.44. The van der Waals surface area contributed by atoms with E-state index in [1.807, 2.05) is 13.8 Å². The van der Waals surface area contributed by atoms with Crippen LogP contribution < -0.4 is 0 Å². The van der Waals surface area contributed by atoms with Gasteiger partial charge in [0.1, 0.15) is 0 Å². The summed E-state index contributed by atoms with van der Waals surface area (Å²) >= 11 is 0. The van der Waals surface area contributed by atoms with Gasteiger partial charge in [-0.2, -0.15) is 0 Å². The molecule has 0 radical (unpaired) electrons. The van der Waals surface area contributed by atoms with Crippen LogP contribution in [0, 0.1) is 0 Å². The lowest BCUT2D eigenvalue weighted by atomic mass is 10.1. The highest BCUT2D eigenvalue weighted by Gasteiger charge is 2.26. The van der Waals surface area contributed by atoms with E-state index in [-0.39, 0.29) is 35.4 Å². The van der Waals surface area contributed by atoms with Crippen molar-refractivity contribution in [2.24, 2.45) is 0 Å². The molecular formula is C16H23NO5S. The van der Waals surface area contributed by atoms with Gasteiger partial charge in [-0.3, -0.25) is 4.79 Å². The summed E-state index contributed by atoms with van der Waals surface area (Å²) in [6.45, 7) is 5.09. The Morgan fingerprint density at radius 3 is 2.30 bits per heavy atom. The Morgan fingerprint density at radius 2 is 1.78 bits per heavy atom. The molecule has 128 valence electrons. The number of rotatable bonds is 5. The summed E-state index contributed by atoms with van der Waals surface area (Å²) < 4.78 is 34.6. The Labute approximate surface area is 137 Å². The molecule has 1 aromatic rings. The molecule has 1 aliphatic heterocycles. The van der Waals surface area contributed by atoms with Crippen LogP contribution in [-0.2, 0) is 19.3 Å². The van der Waals surface area contributed by atoms with Crippen LogP contribution in [-0.4, -0.2) is 64.0 Å². The number of carbonyl (C=O) groups is 1. The molecule has 1 heterocycles. The van der Waals surface area contributed by atoms with E-state index >= 15 is 0 Å². The van der Waals surface area contributed by atoms with Crippen molar-refractivity contribution in [3.63, 3.8) is 0 Å². The van der Waals surface area contributed by atoms with Gasteiger partial charge < -0.3 is 14.4 Å². The second-order valence-electron chi connectivity index (χ2n) is 5.80. The average molecular weight is 341 g/mol. The smallest absolute Gasteiger partial charge is 0.254 e. The molecule has 2 rings (SSSR count). The summed E-state index contributed by atoms with van der Waals surface area (Å²) in [6, 6.07) is 6.08. The maximum atomic E-state index is 12.5. The lowest BCUT2D eigenvalue weighted by molar-refractivity contribution is -0.0586. The first-order valence-corrected chi connectivity index (χ1v) is 9.25. The van der Waals surface area contributed by atoms with Crippen LogP contribution >= 0.6 is 0 Å². The largest absolute Gasteiger partial charge is 0.384 e. The monoisotopic (exact) mass is 341 g/mol. The molecule has 0 N–H and O–H groups in total. The Balaban J connectivity index is 2.11. The molecule has 2 atom stereocenters. The molecule has 1 fully saturated rings. The molecule has 1 saturated heterocycles. The Kier molecular flexibility index (Phi) is 5.78. The number of amides is 1. The Morgan fingerprint density at radius 1 is 1.22 bits per heavy atom. The molecule has 0 aliphatic carbocycles. The van der Waals surface area contributed by atoms with Gasteiger partial charge in [-0.15, -0.1) is 0 Å². The number of hydrogen-bond acceptors (Lipinski definition) is 5. The third kappa shape index (κ3) is 4.53. The van der Waals surface area contributed by atoms with Gasteiger partial charge in [-0.05, 0) is 38.1 Å². The van der Waals surface area contributed by atoms with Crippen LogP contribution in [0.3, 0.4) is 0 Å². The van der Waals surface area contributed by atoms with Crippen LogP contribution in [0.15, 0.2) is 29.2 Å². The number of ether oxygens (including phenoxy) is 2. The SMILES string of the molecule is COCCS(=O)(=O)c1ccc(C(=O)N2C[C@@H](C)O[C@@H](C)C2)cc1. The van der Waals surface area contributed by atoms with Crippen molar-refractivity contribution >= 4 is 15.7 Å². The first-order chi connectivity index (χ1) is 10.8. The van der Waals surface area contributed by atoms with Gasteiger partial charge in [0.15, 0.2) is 9.84 Å². The molecule has 0 aromatic heterocycles. The van der Waals surface area contributed by atoms with E-state index in [1.54, 1.807) is 17.0 Å². The molecule has 0 unspecified atom stereocenters. The van der Waals surface area contributed by atoms with E-state index in [4.69, 9.17) is 9.47 Å². The number of methoxy groups -OCH3 is 1. The second kappa shape index (κ2) is 7.42. The van der Waals surface area contributed by atoms with Gasteiger partial charge in [0.05, 0.1) is 29.5 Å². The van der Waals surface area contributed by atoms with E-state index in [0.717, 1.165) is 0 Å². The number of benzene rings is 1. The standard InChI is InChI=1S/C16H23NO5S/c1-12-10-17(11-13(2)22-12)16(18)14-4-6-15(7-5-14)23(19,20)9-8-21-3/h4-7,12-13H,8-11H2,1-3H3/t12-,13+. The lowest BCUT2D eigenvalue weighted by Gasteiger charge is -2.35. The third-order valence-corrected chi connectivity index (χ3v) is 5.42. The van der Waals surface area contributed by atoms with Gasteiger partial charge >= 0.3 is 0 Å². The zero-order valence-electron chi connectivity index (χ0n) is 13.7. The minimum absolute atomic E-state index is 0.00334. The van der Waals surface area contributed by atoms with Crippen molar-refractivity contribution in [1.29, 1.82) is 0 Å². The number of nitrogens with zero attached hydrogens (tertiary/aromatic N) is 1. The zero-order valence-corrected chi connectivity index (χ0v) is 14.5. The fourth-order valence-electron chi connectivity index (χ4n) is 2.64. The van der Waals surface area contributed by atoms with Crippen LogP contribution in [0.1, 0.15) is 24.2 Å². The fourth-order valence-corrected chi connectivity index (χ4v) is 3.81. The highest BCUT2D eigenvalue weighted by molar-refractivity contribution is 7.91. The molecule has 23 heavy (non-hydrogen) atoms. The van der Waals surface area contributed by atoms with E-state index in [9.17, 15) is 13.2 Å². The quantitative estimate of drug-likeness (QED) is 0.808. The predicted octanol–water partition coefficient (Wildman–Crippen LogP) is 1.36. The van der Waals surface area contributed by atoms with Crippen molar-refractivity contribution in [3.8, 4) is 0 Å². The maximum absolute atomic E-state index is 12.5. The number of morpholine rings is 1. The summed E-state index contributed by atoms with van der Waals surface area (Å²) in [4.78, 5) is 14.5. The van der Waals surface area contributed by atoms with Crippen molar-refractivity contribution in [2.75, 3.05) is 32.6 Å². The highest BCUT2D eigenvalue weighted by Crippen LogP contribution is 2.17. The number of hydrogen-bond donors (Lipinski definition) is 0. The summed E-state index contributed by atoms with van der Waals surface area (Å²) in [7, 11) is -1.92. The molecule has 0 saturated carbocycles. The van der Waals surface area contributed by atoms with Gasteiger partial charge in [0, 0.05) is 25.8 Å². The highest BCUT2D eigenvalue weighted by atomic mass is 32.2. The van der Waals surface area contributed by atoms with Gasteiger partial charge in [0.25, 0.3) is 5.91 Å². The van der Waals surface area contributed by atoms with Crippen LogP contribution in [0.4, 0.5) is 0 Å². The molecule has 1 aliphatic rings. The molecule has 1 aromatic carbocycles. The topological polar surface area (TPSA) is 72.9 Å². The van der Waals surface area contributed by atoms with E-state index in [1.165, 1.54) is 19.2 Å². The number of carbonyl (C=O) groups excluding carboxylic acids is 1. The van der Waals surface area contributed by atoms with E-state index in [2.05, 4.69) is 0 Å². The molecular weight excluding hydrogens is 318 g/mol. The normalized spacial score (nSPS) is 22.1. The van der Waals surface area contributed by atoms with Crippen molar-refractivity contribution in [1.82, 2.24) is 4.90 Å². The first-order valence-electron chi connectivity index (χ1n) is 7.60. The maximum Gasteiger partial charge on any atom is 0.254 e. The van der Waals surface area contributed by atoms with Gasteiger partial charge in [0.2, 0.25) is 0 Å². The zero-order chi connectivity index (χ0) is 17.0. The van der Waals surface area contributed by atoms with E-state index < -0.39 is 9.84 Å². The predicted molar refractivity (Wildman–Crippen MR) is 86.3 cm³/mol. The minimum atomic E-state index is -3.38. The van der Waals surface area contributed by atoms with Gasteiger partial charge in [-0.1, -0.05) is 0 Å².